The highest BCUT2D eigenvalue weighted by molar-refractivity contribution is 7.10. The molecule has 4 nitrogen and oxygen atoms in total. The van der Waals surface area contributed by atoms with Crippen molar-refractivity contribution in [2.45, 2.75) is 26.3 Å². The van der Waals surface area contributed by atoms with Gasteiger partial charge in [-0.3, -0.25) is 9.59 Å². The number of ether oxygens (including phenoxy) is 1. The van der Waals surface area contributed by atoms with Crippen LogP contribution in [0.3, 0.4) is 0 Å². The number of hydrogen-bond donors (Lipinski definition) is 0. The van der Waals surface area contributed by atoms with Gasteiger partial charge in [0, 0.05) is 23.2 Å². The highest BCUT2D eigenvalue weighted by Gasteiger charge is 2.53. The van der Waals surface area contributed by atoms with Gasteiger partial charge in [0.1, 0.15) is 12.2 Å². The lowest BCUT2D eigenvalue weighted by atomic mass is 9.82. The second kappa shape index (κ2) is 5.40. The zero-order valence-corrected chi connectivity index (χ0v) is 13.0. The minimum atomic E-state index is -0.580. The van der Waals surface area contributed by atoms with Crippen LogP contribution < -0.4 is 0 Å². The standard InChI is InChI=1S/C15H19NO3S/c1-5-19-14(18)13-11(9-17)10(2)16(4)15(13,3)12-7-6-8-20-12/h6-9,13H,5H2,1-4H3/t13-,15+/m1/s1. The SMILES string of the molecule is CCOC(=O)[C@H]1C(C=O)=C(C)N(C)[C@@]1(C)c1cccs1. The molecule has 2 atom stereocenters. The Morgan fingerprint density at radius 3 is 2.80 bits per heavy atom. The Bertz CT molecular complexity index is 549. The lowest BCUT2D eigenvalue weighted by Crippen LogP contribution is -2.44. The first kappa shape index (κ1) is 14.8. The molecule has 0 amide bonds. The number of hydrogen-bond acceptors (Lipinski definition) is 5. The van der Waals surface area contributed by atoms with Crippen molar-refractivity contribution in [1.29, 1.82) is 0 Å². The Balaban J connectivity index is 2.55. The summed E-state index contributed by atoms with van der Waals surface area (Å²) < 4.78 is 5.19. The van der Waals surface area contributed by atoms with Gasteiger partial charge in [-0.05, 0) is 32.2 Å². The van der Waals surface area contributed by atoms with Gasteiger partial charge in [-0.25, -0.2) is 0 Å². The average Bonchev–Trinajstić information content (AvgIpc) is 3.01. The molecule has 0 bridgehead atoms. The number of esters is 1. The summed E-state index contributed by atoms with van der Waals surface area (Å²) in [6.07, 6.45) is 0.784. The summed E-state index contributed by atoms with van der Waals surface area (Å²) in [5.41, 5.74) is 0.775. The van der Waals surface area contributed by atoms with Crippen LogP contribution in [0.25, 0.3) is 0 Å². The lowest BCUT2D eigenvalue weighted by molar-refractivity contribution is -0.150. The third kappa shape index (κ3) is 1.97. The van der Waals surface area contributed by atoms with Gasteiger partial charge in [-0.2, -0.15) is 0 Å². The molecule has 20 heavy (non-hydrogen) atoms. The molecule has 0 radical (unpaired) electrons. The Hall–Kier alpha value is -1.62. The number of rotatable bonds is 4. The van der Waals surface area contributed by atoms with Crippen molar-refractivity contribution in [2.24, 2.45) is 5.92 Å². The number of allylic oxidation sites excluding steroid dienone is 1. The monoisotopic (exact) mass is 293 g/mol. The molecule has 0 unspecified atom stereocenters. The number of aldehydes is 1. The predicted octanol–water partition coefficient (Wildman–Crippen LogP) is 2.56. The third-order valence-corrected chi connectivity index (χ3v) is 5.26. The van der Waals surface area contributed by atoms with E-state index < -0.39 is 11.5 Å². The van der Waals surface area contributed by atoms with Crippen molar-refractivity contribution in [3.8, 4) is 0 Å². The van der Waals surface area contributed by atoms with E-state index in [0.29, 0.717) is 12.2 Å². The fourth-order valence-corrected chi connectivity index (χ4v) is 3.81. The topological polar surface area (TPSA) is 46.6 Å². The highest BCUT2D eigenvalue weighted by Crippen LogP contribution is 2.48. The van der Waals surface area contributed by atoms with Gasteiger partial charge in [0.15, 0.2) is 0 Å². The van der Waals surface area contributed by atoms with Crippen molar-refractivity contribution in [3.63, 3.8) is 0 Å². The Labute approximate surface area is 123 Å². The molecule has 0 saturated heterocycles. The van der Waals surface area contributed by atoms with E-state index in [1.54, 1.807) is 18.3 Å². The van der Waals surface area contributed by atoms with Crippen molar-refractivity contribution < 1.29 is 14.3 Å². The molecular weight excluding hydrogens is 274 g/mol. The molecular formula is C15H19NO3S. The molecule has 1 aliphatic rings. The first-order valence-electron chi connectivity index (χ1n) is 6.58. The molecule has 0 saturated carbocycles. The van der Waals surface area contributed by atoms with Gasteiger partial charge in [0.25, 0.3) is 0 Å². The summed E-state index contributed by atoms with van der Waals surface area (Å²) in [7, 11) is 1.91. The molecule has 2 rings (SSSR count). The summed E-state index contributed by atoms with van der Waals surface area (Å²) in [4.78, 5) is 26.9. The summed E-state index contributed by atoms with van der Waals surface area (Å²) in [5, 5.41) is 1.98. The first-order chi connectivity index (χ1) is 9.48. The first-order valence-corrected chi connectivity index (χ1v) is 7.46. The van der Waals surface area contributed by atoms with Crippen LogP contribution in [0.5, 0.6) is 0 Å². The van der Waals surface area contributed by atoms with Crippen LogP contribution in [0.2, 0.25) is 0 Å². The minimum Gasteiger partial charge on any atom is -0.465 e. The molecule has 2 heterocycles. The normalized spacial score (nSPS) is 26.0. The molecule has 1 aromatic heterocycles. The van der Waals surface area contributed by atoms with Gasteiger partial charge in [0.05, 0.1) is 12.1 Å². The lowest BCUT2D eigenvalue weighted by Gasteiger charge is -2.38. The predicted molar refractivity (Wildman–Crippen MR) is 78.3 cm³/mol. The van der Waals surface area contributed by atoms with Crippen LogP contribution in [-0.2, 0) is 19.9 Å². The molecule has 0 fully saturated rings. The molecule has 0 aliphatic carbocycles. The third-order valence-electron chi connectivity index (χ3n) is 4.16. The van der Waals surface area contributed by atoms with Crippen LogP contribution in [0, 0.1) is 5.92 Å². The zero-order valence-electron chi connectivity index (χ0n) is 12.2. The van der Waals surface area contributed by atoms with Crippen molar-refractivity contribution in [3.05, 3.63) is 33.7 Å². The Morgan fingerprint density at radius 2 is 2.30 bits per heavy atom. The molecule has 1 aliphatic heterocycles. The average molecular weight is 293 g/mol. The molecule has 0 N–H and O–H groups in total. The second-order valence-corrected chi connectivity index (χ2v) is 5.98. The summed E-state index contributed by atoms with van der Waals surface area (Å²) in [6, 6.07) is 3.95. The van der Waals surface area contributed by atoms with Gasteiger partial charge in [-0.1, -0.05) is 6.07 Å². The van der Waals surface area contributed by atoms with Crippen LogP contribution in [0.4, 0.5) is 0 Å². The van der Waals surface area contributed by atoms with Gasteiger partial charge >= 0.3 is 5.97 Å². The maximum atomic E-state index is 12.4. The summed E-state index contributed by atoms with van der Waals surface area (Å²) >= 11 is 1.58. The molecule has 0 spiro atoms. The number of carbonyl (C=O) groups excluding carboxylic acids is 2. The molecule has 1 aromatic rings. The van der Waals surface area contributed by atoms with E-state index in [1.807, 2.05) is 43.3 Å². The van der Waals surface area contributed by atoms with E-state index >= 15 is 0 Å². The molecule has 108 valence electrons. The summed E-state index contributed by atoms with van der Waals surface area (Å²) in [6.45, 7) is 5.94. The van der Waals surface area contributed by atoms with E-state index in [9.17, 15) is 9.59 Å². The van der Waals surface area contributed by atoms with Gasteiger partial charge in [0.2, 0.25) is 0 Å². The maximum absolute atomic E-state index is 12.4. The fraction of sp³-hybridized carbons (Fsp3) is 0.467. The van der Waals surface area contributed by atoms with E-state index in [4.69, 9.17) is 4.74 Å². The molecule has 0 aromatic carbocycles. The maximum Gasteiger partial charge on any atom is 0.316 e. The summed E-state index contributed by atoms with van der Waals surface area (Å²) in [5.74, 6) is -0.919. The van der Waals surface area contributed by atoms with Crippen LogP contribution in [-0.4, -0.2) is 30.8 Å². The van der Waals surface area contributed by atoms with Crippen molar-refractivity contribution in [1.82, 2.24) is 4.90 Å². The van der Waals surface area contributed by atoms with Crippen molar-refractivity contribution >= 4 is 23.6 Å². The number of thiophene rings is 1. The number of carbonyl (C=O) groups is 2. The zero-order chi connectivity index (χ0) is 14.9. The molecule has 5 heteroatoms. The largest absolute Gasteiger partial charge is 0.465 e. The quantitative estimate of drug-likeness (QED) is 0.632. The van der Waals surface area contributed by atoms with Crippen LogP contribution >= 0.6 is 11.3 Å². The second-order valence-electron chi connectivity index (χ2n) is 5.03. The highest BCUT2D eigenvalue weighted by atomic mass is 32.1. The fourth-order valence-electron chi connectivity index (χ4n) is 2.86. The number of nitrogens with zero attached hydrogens (tertiary/aromatic N) is 1. The van der Waals surface area contributed by atoms with E-state index in [-0.39, 0.29) is 5.97 Å². The van der Waals surface area contributed by atoms with Gasteiger partial charge in [-0.15, -0.1) is 11.3 Å². The van der Waals surface area contributed by atoms with Crippen molar-refractivity contribution in [2.75, 3.05) is 13.7 Å². The minimum absolute atomic E-state index is 0.310. The van der Waals surface area contributed by atoms with E-state index in [0.717, 1.165) is 16.9 Å². The van der Waals surface area contributed by atoms with Gasteiger partial charge < -0.3 is 9.64 Å². The van der Waals surface area contributed by atoms with E-state index in [1.165, 1.54) is 0 Å². The van der Waals surface area contributed by atoms with Crippen LogP contribution in [0.15, 0.2) is 28.8 Å². The Kier molecular flexibility index (Phi) is 3.99. The Morgan fingerprint density at radius 1 is 1.60 bits per heavy atom. The van der Waals surface area contributed by atoms with E-state index in [2.05, 4.69) is 0 Å². The smallest absolute Gasteiger partial charge is 0.316 e. The van der Waals surface area contributed by atoms with Crippen LogP contribution in [0.1, 0.15) is 25.6 Å².